The van der Waals surface area contributed by atoms with E-state index in [1.54, 1.807) is 4.90 Å². The number of nitrogens with zero attached hydrogens (tertiary/aromatic N) is 1. The molecule has 0 aliphatic heterocycles. The summed E-state index contributed by atoms with van der Waals surface area (Å²) < 4.78 is 5.05. The summed E-state index contributed by atoms with van der Waals surface area (Å²) in [5, 5.41) is 11.6. The van der Waals surface area contributed by atoms with E-state index in [0.717, 1.165) is 11.1 Å². The molecule has 1 atom stereocenters. The normalized spacial score (nSPS) is 11.4. The number of carbonyl (C=O) groups is 3. The first kappa shape index (κ1) is 23.6. The third kappa shape index (κ3) is 9.45. The van der Waals surface area contributed by atoms with Gasteiger partial charge in [-0.25, -0.2) is 9.59 Å². The molecule has 0 saturated carbocycles. The van der Waals surface area contributed by atoms with Gasteiger partial charge in [0, 0.05) is 13.1 Å². The molecular weight excluding hydrogens is 380 g/mol. The Bertz CT molecular complexity index is 666. The van der Waals surface area contributed by atoms with Crippen molar-refractivity contribution in [2.45, 2.75) is 32.9 Å². The van der Waals surface area contributed by atoms with Crippen LogP contribution in [0.15, 0.2) is 42.5 Å². The number of benzene rings is 1. The first-order valence-corrected chi connectivity index (χ1v) is 10.2. The maximum Gasteiger partial charge on any atom is 0.408 e. The van der Waals surface area contributed by atoms with Crippen molar-refractivity contribution in [2.24, 2.45) is 0 Å². The number of likely N-dealkylation sites (N-methyl/N-ethyl adjacent to an activating group) is 1. The molecule has 1 rings (SSSR count). The molecule has 2 N–H and O–H groups in total. The average molecular weight is 409 g/mol. The predicted octanol–water partition coefficient (Wildman–Crippen LogP) is 2.91. The SMILES string of the molecule is C=C(C)CN(CC)C(=O)CSCCC(NC(=O)OCc1ccccc1)C(=O)O. The van der Waals surface area contributed by atoms with Crippen LogP contribution in [0.25, 0.3) is 0 Å². The van der Waals surface area contributed by atoms with Crippen molar-refractivity contribution in [1.29, 1.82) is 0 Å². The van der Waals surface area contributed by atoms with Crippen molar-refractivity contribution < 1.29 is 24.2 Å². The number of nitrogens with one attached hydrogen (secondary N) is 1. The van der Waals surface area contributed by atoms with Crippen molar-refractivity contribution in [3.05, 3.63) is 48.0 Å². The summed E-state index contributed by atoms with van der Waals surface area (Å²) in [6.07, 6.45) is -0.587. The van der Waals surface area contributed by atoms with Crippen molar-refractivity contribution in [3.8, 4) is 0 Å². The highest BCUT2D eigenvalue weighted by atomic mass is 32.2. The lowest BCUT2D eigenvalue weighted by molar-refractivity contribution is -0.139. The van der Waals surface area contributed by atoms with Crippen LogP contribution in [-0.4, -0.2) is 58.6 Å². The Morgan fingerprint density at radius 3 is 2.54 bits per heavy atom. The zero-order chi connectivity index (χ0) is 20.9. The molecular formula is C20H28N2O5S. The second kappa shape index (κ2) is 12.8. The molecule has 0 aromatic heterocycles. The number of hydrogen-bond acceptors (Lipinski definition) is 5. The van der Waals surface area contributed by atoms with E-state index < -0.39 is 18.1 Å². The molecule has 0 fully saturated rings. The number of rotatable bonds is 12. The van der Waals surface area contributed by atoms with Crippen molar-refractivity contribution in [2.75, 3.05) is 24.6 Å². The number of aliphatic carboxylic acids is 1. The molecule has 2 amide bonds. The van der Waals surface area contributed by atoms with E-state index in [2.05, 4.69) is 11.9 Å². The summed E-state index contributed by atoms with van der Waals surface area (Å²) in [5.41, 5.74) is 1.72. The topological polar surface area (TPSA) is 95.9 Å². The Morgan fingerprint density at radius 2 is 1.96 bits per heavy atom. The van der Waals surface area contributed by atoms with Crippen LogP contribution in [-0.2, 0) is 20.9 Å². The van der Waals surface area contributed by atoms with Gasteiger partial charge in [0.1, 0.15) is 12.6 Å². The third-order valence-corrected chi connectivity index (χ3v) is 4.75. The van der Waals surface area contributed by atoms with Crippen molar-refractivity contribution >= 4 is 29.7 Å². The Balaban J connectivity index is 2.36. The second-order valence-electron chi connectivity index (χ2n) is 6.30. The molecule has 7 nitrogen and oxygen atoms in total. The number of alkyl carbamates (subject to hydrolysis) is 1. The summed E-state index contributed by atoms with van der Waals surface area (Å²) in [5.74, 6) is -0.475. The van der Waals surface area contributed by atoms with Crippen LogP contribution in [0.1, 0.15) is 25.8 Å². The zero-order valence-electron chi connectivity index (χ0n) is 16.3. The molecule has 0 bridgehead atoms. The van der Waals surface area contributed by atoms with Gasteiger partial charge in [0.05, 0.1) is 5.75 Å². The quantitative estimate of drug-likeness (QED) is 0.408. The molecule has 0 aliphatic rings. The Kier molecular flexibility index (Phi) is 10.8. The molecule has 1 unspecified atom stereocenters. The minimum Gasteiger partial charge on any atom is -0.480 e. The van der Waals surface area contributed by atoms with Crippen molar-refractivity contribution in [3.63, 3.8) is 0 Å². The monoisotopic (exact) mass is 408 g/mol. The average Bonchev–Trinajstić information content (AvgIpc) is 2.67. The number of carbonyl (C=O) groups excluding carboxylic acids is 2. The lowest BCUT2D eigenvalue weighted by atomic mass is 10.2. The van der Waals surface area contributed by atoms with Gasteiger partial charge >= 0.3 is 12.1 Å². The number of thioether (sulfide) groups is 1. The van der Waals surface area contributed by atoms with Gasteiger partial charge in [-0.2, -0.15) is 11.8 Å². The zero-order valence-corrected chi connectivity index (χ0v) is 17.2. The predicted molar refractivity (Wildman–Crippen MR) is 110 cm³/mol. The van der Waals surface area contributed by atoms with Crippen LogP contribution in [0.4, 0.5) is 4.79 Å². The van der Waals surface area contributed by atoms with Gasteiger partial charge in [-0.3, -0.25) is 4.79 Å². The molecule has 0 aliphatic carbocycles. The molecule has 1 aromatic carbocycles. The summed E-state index contributed by atoms with van der Waals surface area (Å²) in [6.45, 7) is 8.75. The second-order valence-corrected chi connectivity index (χ2v) is 7.41. The van der Waals surface area contributed by atoms with Crippen LogP contribution in [0.2, 0.25) is 0 Å². The standard InChI is InChI=1S/C20H28N2O5S/c1-4-22(12-15(2)3)18(23)14-28-11-10-17(19(24)25)21-20(26)27-13-16-8-6-5-7-9-16/h5-9,17H,2,4,10-14H2,1,3H3,(H,21,26)(H,24,25). The van der Waals surface area contributed by atoms with E-state index in [4.69, 9.17) is 4.74 Å². The van der Waals surface area contributed by atoms with Gasteiger partial charge in [-0.15, -0.1) is 0 Å². The van der Waals surface area contributed by atoms with Gasteiger partial charge in [-0.1, -0.05) is 42.5 Å². The van der Waals surface area contributed by atoms with Crippen LogP contribution in [0.3, 0.4) is 0 Å². The van der Waals surface area contributed by atoms with E-state index in [1.165, 1.54) is 11.8 Å². The lowest BCUT2D eigenvalue weighted by Crippen LogP contribution is -2.41. The van der Waals surface area contributed by atoms with Crippen LogP contribution < -0.4 is 5.32 Å². The molecule has 0 heterocycles. The van der Waals surface area contributed by atoms with Gasteiger partial charge in [0.25, 0.3) is 0 Å². The van der Waals surface area contributed by atoms with Crippen LogP contribution in [0.5, 0.6) is 0 Å². The minimum atomic E-state index is -1.14. The number of carboxylic acids is 1. The minimum absolute atomic E-state index is 0.0161. The largest absolute Gasteiger partial charge is 0.480 e. The van der Waals surface area contributed by atoms with Crippen molar-refractivity contribution in [1.82, 2.24) is 10.2 Å². The van der Waals surface area contributed by atoms with Gasteiger partial charge in [0.2, 0.25) is 5.91 Å². The Morgan fingerprint density at radius 1 is 1.29 bits per heavy atom. The molecule has 154 valence electrons. The van der Waals surface area contributed by atoms with Gasteiger partial charge in [-0.05, 0) is 31.6 Å². The maximum atomic E-state index is 12.1. The first-order chi connectivity index (χ1) is 13.3. The van der Waals surface area contributed by atoms with E-state index in [-0.39, 0.29) is 24.7 Å². The highest BCUT2D eigenvalue weighted by Crippen LogP contribution is 2.09. The van der Waals surface area contributed by atoms with E-state index in [0.29, 0.717) is 18.8 Å². The summed E-state index contributed by atoms with van der Waals surface area (Å²) in [4.78, 5) is 37.0. The molecule has 8 heteroatoms. The number of hydrogen-bond donors (Lipinski definition) is 2. The fraction of sp³-hybridized carbons (Fsp3) is 0.450. The Labute approximate surface area is 170 Å². The number of amides is 2. The van der Waals surface area contributed by atoms with Gasteiger partial charge < -0.3 is 20.1 Å². The summed E-state index contributed by atoms with van der Waals surface area (Å²) >= 11 is 1.34. The van der Waals surface area contributed by atoms with E-state index >= 15 is 0 Å². The van der Waals surface area contributed by atoms with Crippen LogP contribution in [0, 0.1) is 0 Å². The molecule has 0 radical (unpaired) electrons. The van der Waals surface area contributed by atoms with E-state index in [9.17, 15) is 19.5 Å². The smallest absolute Gasteiger partial charge is 0.408 e. The lowest BCUT2D eigenvalue weighted by Gasteiger charge is -2.21. The van der Waals surface area contributed by atoms with E-state index in [1.807, 2.05) is 44.2 Å². The highest BCUT2D eigenvalue weighted by molar-refractivity contribution is 7.99. The van der Waals surface area contributed by atoms with Gasteiger partial charge in [0.15, 0.2) is 0 Å². The molecule has 1 aromatic rings. The van der Waals surface area contributed by atoms with Crippen LogP contribution >= 0.6 is 11.8 Å². The Hall–Kier alpha value is -2.48. The fourth-order valence-electron chi connectivity index (χ4n) is 2.32. The molecule has 0 saturated heterocycles. The first-order valence-electron chi connectivity index (χ1n) is 9.03. The molecule has 0 spiro atoms. The fourth-order valence-corrected chi connectivity index (χ4v) is 3.22. The summed E-state index contributed by atoms with van der Waals surface area (Å²) in [6, 6.07) is 8.05. The number of ether oxygens (including phenoxy) is 1. The summed E-state index contributed by atoms with van der Waals surface area (Å²) in [7, 11) is 0. The number of carboxylic acid groups (broad SMARTS) is 1. The maximum absolute atomic E-state index is 12.1. The molecule has 28 heavy (non-hydrogen) atoms. The third-order valence-electron chi connectivity index (χ3n) is 3.77. The highest BCUT2D eigenvalue weighted by Gasteiger charge is 2.21.